The fourth-order valence-electron chi connectivity index (χ4n) is 9.07. The molecule has 9 N–H and O–H groups in total. The fraction of sp³-hybridized carbons (Fsp3) is 0.455. The maximum atomic E-state index is 14.2. The van der Waals surface area contributed by atoms with Gasteiger partial charge < -0.3 is 76.6 Å². The number of carbonyl (C=O) groups excluding carboxylic acids is 9. The van der Waals surface area contributed by atoms with E-state index in [-0.39, 0.29) is 76.3 Å². The zero-order valence-electron chi connectivity index (χ0n) is 47.7. The highest BCUT2D eigenvalue weighted by molar-refractivity contribution is 14.1. The van der Waals surface area contributed by atoms with Crippen molar-refractivity contribution in [3.05, 3.63) is 97.6 Å². The molecule has 0 aliphatic carbocycles. The summed E-state index contributed by atoms with van der Waals surface area (Å²) in [6.45, 7) is 9.67. The lowest BCUT2D eigenvalue weighted by molar-refractivity contribution is -0.154. The Morgan fingerprint density at radius 2 is 1.53 bits per heavy atom. The quantitative estimate of drug-likeness (QED) is 0.0173. The Hall–Kier alpha value is -8.10. The average molecular weight is 1310 g/mol. The summed E-state index contributed by atoms with van der Waals surface area (Å²) >= 11 is 3.30. The molecule has 2 aliphatic heterocycles. The molecule has 2 saturated heterocycles. The third-order valence-corrected chi connectivity index (χ3v) is 15.9. The SMILES string of the molecule is C=CC(=O)N1CN(C(=O)C=C)CN(C(=O)CCSCC(=O)N[C@H](C(=O)N[C@@H](CCCNC(N)=O)C(=O)Nc2ccc(COC(=O)N[C@@H](Cc3ccc(OC)cc3)C(=O)NC3[C@@H](I)[C@H](n4cnc5c(N(C)C)ncnc54)O[C@@H]3CO)cc2)C(C)C)C1. The normalized spacial score (nSPS) is 17.6. The Labute approximate surface area is 508 Å². The fourth-order valence-corrected chi connectivity index (χ4v) is 11.0. The zero-order chi connectivity index (χ0) is 61.9. The van der Waals surface area contributed by atoms with Gasteiger partial charge in [0.1, 0.15) is 42.9 Å². The monoisotopic (exact) mass is 1310 g/mol. The third kappa shape index (κ3) is 18.4. The maximum absolute atomic E-state index is 14.2. The lowest BCUT2D eigenvalue weighted by Gasteiger charge is -2.41. The molecular formula is C55H72IN15O13S. The van der Waals surface area contributed by atoms with Gasteiger partial charge in [-0.2, -0.15) is 11.8 Å². The number of primary amides is 1. The molecule has 7 atom stereocenters. The van der Waals surface area contributed by atoms with Crippen molar-refractivity contribution in [2.75, 3.05) is 76.1 Å². The number of fused-ring (bicyclic) bond motifs is 1. The number of alkyl carbamates (subject to hydrolysis) is 1. The van der Waals surface area contributed by atoms with Crippen LogP contribution in [0, 0.1) is 5.92 Å². The van der Waals surface area contributed by atoms with E-state index in [0.29, 0.717) is 39.5 Å². The van der Waals surface area contributed by atoms with E-state index in [1.54, 1.807) is 73.3 Å². The molecule has 30 heteroatoms. The summed E-state index contributed by atoms with van der Waals surface area (Å²) in [6, 6.07) is 8.42. The van der Waals surface area contributed by atoms with Crippen molar-refractivity contribution >= 4 is 110 Å². The number of aliphatic hydroxyl groups excluding tert-OH is 1. The summed E-state index contributed by atoms with van der Waals surface area (Å²) in [5, 5.41) is 26.8. The van der Waals surface area contributed by atoms with Crippen LogP contribution in [0.2, 0.25) is 0 Å². The molecule has 10 amide bonds. The van der Waals surface area contributed by atoms with E-state index in [4.69, 9.17) is 19.9 Å². The average Bonchev–Trinajstić information content (AvgIpc) is 2.19. The van der Waals surface area contributed by atoms with Crippen LogP contribution in [-0.2, 0) is 56.1 Å². The predicted octanol–water partition coefficient (Wildman–Crippen LogP) is 1.50. The van der Waals surface area contributed by atoms with Gasteiger partial charge in [0.05, 0.1) is 55.8 Å². The smallest absolute Gasteiger partial charge is 0.408 e. The van der Waals surface area contributed by atoms with Crippen LogP contribution in [0.1, 0.15) is 50.5 Å². The molecule has 2 aromatic heterocycles. The Kier molecular flexibility index (Phi) is 24.6. The van der Waals surface area contributed by atoms with Crippen LogP contribution in [0.4, 0.5) is 21.1 Å². The number of hydrogen-bond donors (Lipinski definition) is 8. The second-order valence-electron chi connectivity index (χ2n) is 20.3. The van der Waals surface area contributed by atoms with Crippen LogP contribution in [0.15, 0.2) is 86.5 Å². The number of halogens is 1. The first-order valence-corrected chi connectivity index (χ1v) is 29.4. The summed E-state index contributed by atoms with van der Waals surface area (Å²) < 4.78 is 18.5. The third-order valence-electron chi connectivity index (χ3n) is 13.6. The van der Waals surface area contributed by atoms with E-state index < -0.39 is 101 Å². The number of carbonyl (C=O) groups is 9. The van der Waals surface area contributed by atoms with Gasteiger partial charge in [0.2, 0.25) is 41.4 Å². The molecule has 2 aliphatic rings. The number of alkyl halides is 1. The number of benzene rings is 2. The van der Waals surface area contributed by atoms with Gasteiger partial charge in [-0.25, -0.2) is 24.5 Å². The van der Waals surface area contributed by atoms with Crippen molar-refractivity contribution in [1.29, 1.82) is 0 Å². The van der Waals surface area contributed by atoms with Crippen molar-refractivity contribution in [3.63, 3.8) is 0 Å². The highest BCUT2D eigenvalue weighted by Crippen LogP contribution is 2.37. The number of anilines is 2. The first-order valence-electron chi connectivity index (χ1n) is 27.0. The molecular weight excluding hydrogens is 1240 g/mol. The largest absolute Gasteiger partial charge is 0.497 e. The number of nitrogens with zero attached hydrogens (tertiary/aromatic N) is 8. The van der Waals surface area contributed by atoms with Crippen LogP contribution >= 0.6 is 34.4 Å². The number of aliphatic hydroxyl groups is 1. The van der Waals surface area contributed by atoms with Gasteiger partial charge in [0, 0.05) is 44.9 Å². The van der Waals surface area contributed by atoms with E-state index in [9.17, 15) is 48.3 Å². The minimum Gasteiger partial charge on any atom is -0.497 e. The van der Waals surface area contributed by atoms with Gasteiger partial charge in [-0.15, -0.1) is 0 Å². The van der Waals surface area contributed by atoms with E-state index in [1.807, 2.05) is 19.0 Å². The van der Waals surface area contributed by atoms with Crippen molar-refractivity contribution < 1.29 is 62.5 Å². The Morgan fingerprint density at radius 1 is 0.871 bits per heavy atom. The van der Waals surface area contributed by atoms with Crippen molar-refractivity contribution in [3.8, 4) is 5.75 Å². The molecule has 458 valence electrons. The minimum atomic E-state index is -1.16. The van der Waals surface area contributed by atoms with Gasteiger partial charge >= 0.3 is 12.1 Å². The number of aromatic nitrogens is 4. The maximum Gasteiger partial charge on any atom is 0.408 e. The van der Waals surface area contributed by atoms with E-state index >= 15 is 0 Å². The van der Waals surface area contributed by atoms with Crippen LogP contribution < -0.4 is 47.3 Å². The lowest BCUT2D eigenvalue weighted by Crippen LogP contribution is -2.59. The van der Waals surface area contributed by atoms with Gasteiger partial charge in [-0.05, 0) is 66.3 Å². The minimum absolute atomic E-state index is 0.0164. The highest BCUT2D eigenvalue weighted by atomic mass is 127. The van der Waals surface area contributed by atoms with Crippen molar-refractivity contribution in [2.24, 2.45) is 11.7 Å². The first kappa shape index (κ1) is 66.0. The van der Waals surface area contributed by atoms with E-state index in [2.05, 4.69) is 82.6 Å². The molecule has 4 aromatic rings. The van der Waals surface area contributed by atoms with E-state index in [0.717, 1.165) is 23.9 Å². The molecule has 0 radical (unpaired) electrons. The standard InChI is InChI=1S/C55H72IN15O13S/c1-8-41(74)68-29-69(42(75)9-2)31-70(30-68)43(76)20-22-85-26-40(73)65-45(32(3)4)52(79)63-37(11-10-21-58-54(57)80)50(77)62-35-16-12-34(13-17-35)25-83-55(81)64-38(23-33-14-18-36(82-7)19-15-33)51(78)66-46-39(24-72)84-53(44(46)56)71-28-61-47-48(67(5)6)59-27-60-49(47)71/h8-9,12-19,27-28,32,37-39,44-46,53,72H,1-2,10-11,20-26,29-31H2,3-7H3,(H,62,77)(H,63,79)(H,64,81)(H,65,73)(H,66,78)(H3,57,58,80)/t37-,38-,39+,44+,45-,46?,53+/m0/s1. The molecule has 0 bridgehead atoms. The van der Waals surface area contributed by atoms with E-state index in [1.165, 1.54) is 28.1 Å². The summed E-state index contributed by atoms with van der Waals surface area (Å²) in [7, 11) is 5.20. The topological polar surface area (TPSA) is 356 Å². The number of nitrogens with one attached hydrogen (secondary N) is 6. The predicted molar refractivity (Wildman–Crippen MR) is 322 cm³/mol. The van der Waals surface area contributed by atoms with Crippen molar-refractivity contribution in [2.45, 2.75) is 86.6 Å². The summed E-state index contributed by atoms with van der Waals surface area (Å²) in [5.74, 6) is -2.77. The number of amides is 10. The zero-order valence-corrected chi connectivity index (χ0v) is 50.7. The molecule has 0 spiro atoms. The Morgan fingerprint density at radius 3 is 2.14 bits per heavy atom. The molecule has 28 nitrogen and oxygen atoms in total. The van der Waals surface area contributed by atoms with Gasteiger partial charge in [-0.1, -0.05) is 73.9 Å². The Bertz CT molecular complexity index is 3020. The number of methoxy groups -OCH3 is 1. The Balaban J connectivity index is 1.03. The number of nitrogens with two attached hydrogens (primary N) is 1. The lowest BCUT2D eigenvalue weighted by atomic mass is 10.0. The first-order chi connectivity index (χ1) is 40.6. The molecule has 2 fully saturated rings. The van der Waals surface area contributed by atoms with Crippen LogP contribution in [0.5, 0.6) is 5.75 Å². The molecule has 0 saturated carbocycles. The second kappa shape index (κ2) is 31.7. The summed E-state index contributed by atoms with van der Waals surface area (Å²) in [6.07, 6.45) is 3.05. The number of thioether (sulfide) groups is 1. The van der Waals surface area contributed by atoms with Gasteiger partial charge in [-0.3, -0.25) is 38.1 Å². The van der Waals surface area contributed by atoms with Crippen LogP contribution in [-0.4, -0.2) is 193 Å². The molecule has 6 rings (SSSR count). The summed E-state index contributed by atoms with van der Waals surface area (Å²) in [5.41, 5.74) is 7.81. The second-order valence-corrected chi connectivity index (χ2v) is 22.8. The molecule has 1 unspecified atom stereocenters. The molecule has 4 heterocycles. The number of hydrogen-bond acceptors (Lipinski definition) is 18. The van der Waals surface area contributed by atoms with Gasteiger partial charge in [0.15, 0.2) is 23.2 Å². The van der Waals surface area contributed by atoms with Crippen molar-refractivity contribution in [1.82, 2.24) is 60.8 Å². The molecule has 2 aromatic carbocycles. The van der Waals surface area contributed by atoms with Crippen LogP contribution in [0.25, 0.3) is 11.2 Å². The number of imidazole rings is 1. The molecule has 85 heavy (non-hydrogen) atoms. The number of rotatable bonds is 28. The highest BCUT2D eigenvalue weighted by Gasteiger charge is 2.46. The number of urea groups is 1. The summed E-state index contributed by atoms with van der Waals surface area (Å²) in [4.78, 5) is 137. The van der Waals surface area contributed by atoms with Gasteiger partial charge in [0.25, 0.3) is 0 Å². The van der Waals surface area contributed by atoms with Crippen LogP contribution in [0.3, 0.4) is 0 Å². The number of ether oxygens (including phenoxy) is 3.